The highest BCUT2D eigenvalue weighted by atomic mass is 16.2. The summed E-state index contributed by atoms with van der Waals surface area (Å²) in [5, 5.41) is 3.41. The molecule has 2 aliphatic rings. The normalized spacial score (nSPS) is 30.3. The summed E-state index contributed by atoms with van der Waals surface area (Å²) in [6.07, 6.45) is 5.67. The molecule has 2 atom stereocenters. The first kappa shape index (κ1) is 14.8. The van der Waals surface area contributed by atoms with Crippen molar-refractivity contribution in [1.82, 2.24) is 15.1 Å². The average molecular weight is 267 g/mol. The van der Waals surface area contributed by atoms with E-state index in [1.165, 1.54) is 12.8 Å². The minimum atomic E-state index is 0.0587. The molecule has 4 nitrogen and oxygen atoms in total. The fourth-order valence-electron chi connectivity index (χ4n) is 3.36. The Kier molecular flexibility index (Phi) is 5.22. The molecule has 0 aromatic rings. The Hall–Kier alpha value is -0.610. The highest BCUT2D eigenvalue weighted by molar-refractivity contribution is 5.82. The fraction of sp³-hybridized carbons (Fsp3) is 0.933. The number of piperidine rings is 2. The summed E-state index contributed by atoms with van der Waals surface area (Å²) < 4.78 is 0. The highest BCUT2D eigenvalue weighted by Gasteiger charge is 2.31. The number of amides is 1. The van der Waals surface area contributed by atoms with Crippen LogP contribution in [0.5, 0.6) is 0 Å². The zero-order valence-electron chi connectivity index (χ0n) is 12.7. The molecule has 0 radical (unpaired) electrons. The van der Waals surface area contributed by atoms with Crippen LogP contribution in [0, 0.1) is 5.92 Å². The lowest BCUT2D eigenvalue weighted by Crippen LogP contribution is -2.53. The Labute approximate surface area is 117 Å². The SMILES string of the molecule is CCC1CCNC(C(=O)N(C)C2CCN(C)CC2)C1. The Morgan fingerprint density at radius 2 is 2.00 bits per heavy atom. The summed E-state index contributed by atoms with van der Waals surface area (Å²) in [7, 11) is 4.15. The summed E-state index contributed by atoms with van der Waals surface area (Å²) in [5.41, 5.74) is 0. The average Bonchev–Trinajstić information content (AvgIpc) is 2.46. The molecule has 0 aromatic carbocycles. The molecule has 2 fully saturated rings. The van der Waals surface area contributed by atoms with E-state index in [1.807, 2.05) is 11.9 Å². The minimum absolute atomic E-state index is 0.0587. The third kappa shape index (κ3) is 3.69. The van der Waals surface area contributed by atoms with Gasteiger partial charge in [-0.25, -0.2) is 0 Å². The van der Waals surface area contributed by atoms with Gasteiger partial charge in [-0.15, -0.1) is 0 Å². The molecule has 1 amide bonds. The molecule has 0 spiro atoms. The van der Waals surface area contributed by atoms with Crippen molar-refractivity contribution >= 4 is 5.91 Å². The van der Waals surface area contributed by atoms with E-state index in [4.69, 9.17) is 0 Å². The summed E-state index contributed by atoms with van der Waals surface area (Å²) in [5.74, 6) is 1.04. The number of likely N-dealkylation sites (N-methyl/N-ethyl adjacent to an activating group) is 1. The first-order valence-electron chi connectivity index (χ1n) is 7.80. The number of hydrogen-bond donors (Lipinski definition) is 1. The van der Waals surface area contributed by atoms with Gasteiger partial charge < -0.3 is 15.1 Å². The van der Waals surface area contributed by atoms with Crippen molar-refractivity contribution in [2.45, 2.75) is 51.1 Å². The molecule has 2 heterocycles. The fourth-order valence-corrected chi connectivity index (χ4v) is 3.36. The van der Waals surface area contributed by atoms with Gasteiger partial charge >= 0.3 is 0 Å². The van der Waals surface area contributed by atoms with Gasteiger partial charge in [-0.1, -0.05) is 13.3 Å². The Bertz CT molecular complexity index is 300. The maximum Gasteiger partial charge on any atom is 0.239 e. The van der Waals surface area contributed by atoms with Crippen LogP contribution in [0.4, 0.5) is 0 Å². The molecular formula is C15H29N3O. The second kappa shape index (κ2) is 6.71. The molecule has 0 saturated carbocycles. The van der Waals surface area contributed by atoms with E-state index >= 15 is 0 Å². The number of hydrogen-bond acceptors (Lipinski definition) is 3. The first-order valence-corrected chi connectivity index (χ1v) is 7.80. The molecule has 4 heteroatoms. The molecule has 0 aromatic heterocycles. The van der Waals surface area contributed by atoms with Gasteiger partial charge in [-0.05, 0) is 58.3 Å². The van der Waals surface area contributed by atoms with Crippen LogP contribution < -0.4 is 5.32 Å². The lowest BCUT2D eigenvalue weighted by atomic mass is 9.89. The van der Waals surface area contributed by atoms with Crippen molar-refractivity contribution in [1.29, 1.82) is 0 Å². The van der Waals surface area contributed by atoms with E-state index in [9.17, 15) is 4.79 Å². The van der Waals surface area contributed by atoms with Gasteiger partial charge in [-0.3, -0.25) is 4.79 Å². The van der Waals surface area contributed by atoms with Crippen molar-refractivity contribution in [2.24, 2.45) is 5.92 Å². The van der Waals surface area contributed by atoms with E-state index in [2.05, 4.69) is 24.2 Å². The molecule has 2 saturated heterocycles. The summed E-state index contributed by atoms with van der Waals surface area (Å²) in [4.78, 5) is 17.0. The minimum Gasteiger partial charge on any atom is -0.341 e. The first-order chi connectivity index (χ1) is 9.11. The predicted octanol–water partition coefficient (Wildman–Crippen LogP) is 1.32. The summed E-state index contributed by atoms with van der Waals surface area (Å²) >= 11 is 0. The van der Waals surface area contributed by atoms with Crippen LogP contribution >= 0.6 is 0 Å². The standard InChI is InChI=1S/C15H29N3O/c1-4-12-5-8-16-14(11-12)15(19)18(3)13-6-9-17(2)10-7-13/h12-14,16H,4-11H2,1-3H3. The molecule has 110 valence electrons. The second-order valence-electron chi connectivity index (χ2n) is 6.29. The number of likely N-dealkylation sites (tertiary alicyclic amines) is 1. The van der Waals surface area contributed by atoms with Crippen LogP contribution in [0.1, 0.15) is 39.0 Å². The third-order valence-corrected chi connectivity index (χ3v) is 4.97. The van der Waals surface area contributed by atoms with Gasteiger partial charge in [0.25, 0.3) is 0 Å². The van der Waals surface area contributed by atoms with Gasteiger partial charge in [0, 0.05) is 13.1 Å². The van der Waals surface area contributed by atoms with E-state index in [0.29, 0.717) is 11.9 Å². The molecule has 0 aliphatic carbocycles. The molecular weight excluding hydrogens is 238 g/mol. The van der Waals surface area contributed by atoms with Crippen molar-refractivity contribution in [2.75, 3.05) is 33.7 Å². The topological polar surface area (TPSA) is 35.6 Å². The summed E-state index contributed by atoms with van der Waals surface area (Å²) in [6.45, 7) is 5.45. The molecule has 2 aliphatic heterocycles. The third-order valence-electron chi connectivity index (χ3n) is 4.97. The van der Waals surface area contributed by atoms with E-state index in [1.54, 1.807) is 0 Å². The Morgan fingerprint density at radius 1 is 1.32 bits per heavy atom. The number of carbonyl (C=O) groups is 1. The van der Waals surface area contributed by atoms with Crippen molar-refractivity contribution in [3.8, 4) is 0 Å². The molecule has 2 unspecified atom stereocenters. The Balaban J connectivity index is 1.87. The lowest BCUT2D eigenvalue weighted by molar-refractivity contribution is -0.136. The molecule has 19 heavy (non-hydrogen) atoms. The van der Waals surface area contributed by atoms with Crippen LogP contribution in [0.25, 0.3) is 0 Å². The zero-order chi connectivity index (χ0) is 13.8. The predicted molar refractivity (Wildman–Crippen MR) is 78.1 cm³/mol. The van der Waals surface area contributed by atoms with Crippen LogP contribution in [0.15, 0.2) is 0 Å². The quantitative estimate of drug-likeness (QED) is 0.837. The maximum absolute atomic E-state index is 12.6. The number of nitrogens with zero attached hydrogens (tertiary/aromatic N) is 2. The van der Waals surface area contributed by atoms with Crippen LogP contribution in [-0.2, 0) is 4.79 Å². The smallest absolute Gasteiger partial charge is 0.239 e. The number of nitrogens with one attached hydrogen (secondary N) is 1. The van der Waals surface area contributed by atoms with Crippen LogP contribution in [-0.4, -0.2) is 61.5 Å². The van der Waals surface area contributed by atoms with Gasteiger partial charge in [0.15, 0.2) is 0 Å². The van der Waals surface area contributed by atoms with E-state index in [-0.39, 0.29) is 6.04 Å². The zero-order valence-corrected chi connectivity index (χ0v) is 12.7. The van der Waals surface area contributed by atoms with Crippen LogP contribution in [0.3, 0.4) is 0 Å². The van der Waals surface area contributed by atoms with Gasteiger partial charge in [0.1, 0.15) is 0 Å². The summed E-state index contributed by atoms with van der Waals surface area (Å²) in [6, 6.07) is 0.496. The molecule has 1 N–H and O–H groups in total. The monoisotopic (exact) mass is 267 g/mol. The van der Waals surface area contributed by atoms with Gasteiger partial charge in [0.05, 0.1) is 6.04 Å². The van der Waals surface area contributed by atoms with Crippen molar-refractivity contribution in [3.63, 3.8) is 0 Å². The Morgan fingerprint density at radius 3 is 2.63 bits per heavy atom. The number of carbonyl (C=O) groups excluding carboxylic acids is 1. The largest absolute Gasteiger partial charge is 0.341 e. The highest BCUT2D eigenvalue weighted by Crippen LogP contribution is 2.22. The molecule has 2 rings (SSSR count). The van der Waals surface area contributed by atoms with Gasteiger partial charge in [-0.2, -0.15) is 0 Å². The van der Waals surface area contributed by atoms with E-state index < -0.39 is 0 Å². The maximum atomic E-state index is 12.6. The second-order valence-corrected chi connectivity index (χ2v) is 6.29. The van der Waals surface area contributed by atoms with E-state index in [0.717, 1.165) is 44.8 Å². The lowest BCUT2D eigenvalue weighted by Gasteiger charge is -2.38. The van der Waals surface area contributed by atoms with Crippen molar-refractivity contribution < 1.29 is 4.79 Å². The van der Waals surface area contributed by atoms with Crippen LogP contribution in [0.2, 0.25) is 0 Å². The van der Waals surface area contributed by atoms with Crippen molar-refractivity contribution in [3.05, 3.63) is 0 Å². The van der Waals surface area contributed by atoms with Gasteiger partial charge in [0.2, 0.25) is 5.91 Å². The number of rotatable bonds is 3. The molecule has 0 bridgehead atoms.